The van der Waals surface area contributed by atoms with Crippen LogP contribution in [0.25, 0.3) is 0 Å². The summed E-state index contributed by atoms with van der Waals surface area (Å²) in [6, 6.07) is 0. The molecule has 13 nitrogen and oxygen atoms in total. The third-order valence-corrected chi connectivity index (χ3v) is 3.86. The maximum atomic E-state index is 11.8. The summed E-state index contributed by atoms with van der Waals surface area (Å²) in [6.45, 7) is 2.14. The summed E-state index contributed by atoms with van der Waals surface area (Å²) in [7, 11) is 0. The van der Waals surface area contributed by atoms with E-state index < -0.39 is 42.9 Å². The van der Waals surface area contributed by atoms with Crippen LogP contribution >= 0.6 is 0 Å². The predicted molar refractivity (Wildman–Crippen MR) is 105 cm³/mol. The van der Waals surface area contributed by atoms with E-state index >= 15 is 0 Å². The minimum Gasteiger partial charge on any atom is -0.480 e. The molecule has 178 valence electrons. The molecule has 0 saturated heterocycles. The molecular formula is C18H31N3O10. The van der Waals surface area contributed by atoms with Crippen molar-refractivity contribution in [2.75, 3.05) is 72.1 Å². The fourth-order valence-electron chi connectivity index (χ4n) is 2.62. The first kappa shape index (κ1) is 28.2. The van der Waals surface area contributed by atoms with Gasteiger partial charge < -0.3 is 24.8 Å². The van der Waals surface area contributed by atoms with Gasteiger partial charge in [-0.3, -0.25) is 38.7 Å². The fourth-order valence-corrected chi connectivity index (χ4v) is 2.62. The van der Waals surface area contributed by atoms with Crippen LogP contribution in [0.1, 0.15) is 13.8 Å². The first-order valence-electron chi connectivity index (χ1n) is 9.71. The van der Waals surface area contributed by atoms with Gasteiger partial charge in [0.1, 0.15) is 0 Å². The molecule has 3 N–H and O–H groups in total. The highest BCUT2D eigenvalue weighted by Crippen LogP contribution is 1.98. The molecule has 0 spiro atoms. The summed E-state index contributed by atoms with van der Waals surface area (Å²) in [5, 5.41) is 26.9. The standard InChI is InChI=1S/C18H31N3O10/c1-3-30-17(28)12-21(13-18(29)31-4-2)8-6-19(9-14(22)23)5-7-20(10-15(24)25)11-16(26)27/h3-13H2,1-2H3,(H,22,23)(H,24,25)(H,26,27). The van der Waals surface area contributed by atoms with Crippen molar-refractivity contribution < 1.29 is 48.8 Å². The summed E-state index contributed by atoms with van der Waals surface area (Å²) >= 11 is 0. The van der Waals surface area contributed by atoms with Crippen LogP contribution in [0.5, 0.6) is 0 Å². The Kier molecular flexibility index (Phi) is 14.6. The highest BCUT2D eigenvalue weighted by atomic mass is 16.5. The molecule has 0 atom stereocenters. The molecule has 0 unspecified atom stereocenters. The number of hydrogen-bond acceptors (Lipinski definition) is 10. The zero-order chi connectivity index (χ0) is 23.8. The molecule has 0 bridgehead atoms. The monoisotopic (exact) mass is 449 g/mol. The molecule has 0 radical (unpaired) electrons. The molecule has 0 saturated carbocycles. The van der Waals surface area contributed by atoms with Crippen molar-refractivity contribution in [2.24, 2.45) is 0 Å². The average Bonchev–Trinajstić information content (AvgIpc) is 2.62. The van der Waals surface area contributed by atoms with Gasteiger partial charge in [-0.05, 0) is 13.8 Å². The lowest BCUT2D eigenvalue weighted by Gasteiger charge is -2.27. The Balaban J connectivity index is 5.05. The van der Waals surface area contributed by atoms with Gasteiger partial charge in [0.15, 0.2) is 0 Å². The van der Waals surface area contributed by atoms with Crippen LogP contribution in [0, 0.1) is 0 Å². The second-order valence-corrected chi connectivity index (χ2v) is 6.49. The summed E-state index contributed by atoms with van der Waals surface area (Å²) in [6.07, 6.45) is 0. The number of ether oxygens (including phenoxy) is 2. The summed E-state index contributed by atoms with van der Waals surface area (Å²) < 4.78 is 9.76. The number of carbonyl (C=O) groups excluding carboxylic acids is 2. The molecule has 0 heterocycles. The first-order chi connectivity index (χ1) is 14.6. The molecule has 0 aromatic rings. The lowest BCUT2D eigenvalue weighted by Crippen LogP contribution is -2.45. The molecular weight excluding hydrogens is 418 g/mol. The minimum atomic E-state index is -1.21. The molecule has 13 heteroatoms. The number of nitrogens with zero attached hydrogens (tertiary/aromatic N) is 3. The number of carboxylic acid groups (broad SMARTS) is 3. The maximum absolute atomic E-state index is 11.8. The zero-order valence-corrected chi connectivity index (χ0v) is 17.8. The number of aliphatic carboxylic acids is 3. The third-order valence-electron chi connectivity index (χ3n) is 3.86. The summed E-state index contributed by atoms with van der Waals surface area (Å²) in [5.41, 5.74) is 0. The van der Waals surface area contributed by atoms with Crippen LogP contribution in [0.2, 0.25) is 0 Å². The van der Waals surface area contributed by atoms with Crippen LogP contribution in [0.3, 0.4) is 0 Å². The SMILES string of the molecule is CCOC(=O)CN(CCN(CCN(CC(=O)O)CC(=O)O)CC(=O)O)CC(=O)OCC. The highest BCUT2D eigenvalue weighted by Gasteiger charge is 2.20. The molecule has 0 aliphatic rings. The lowest BCUT2D eigenvalue weighted by molar-refractivity contribution is -0.149. The van der Waals surface area contributed by atoms with E-state index in [0.29, 0.717) is 0 Å². The van der Waals surface area contributed by atoms with Crippen molar-refractivity contribution in [3.63, 3.8) is 0 Å². The van der Waals surface area contributed by atoms with E-state index in [-0.39, 0.29) is 59.0 Å². The van der Waals surface area contributed by atoms with Crippen LogP contribution in [0.4, 0.5) is 0 Å². The molecule has 31 heavy (non-hydrogen) atoms. The summed E-state index contributed by atoms with van der Waals surface area (Å²) in [5.74, 6) is -4.65. The lowest BCUT2D eigenvalue weighted by atomic mass is 10.3. The number of rotatable bonds is 18. The van der Waals surface area contributed by atoms with Gasteiger partial charge in [0.05, 0.1) is 45.9 Å². The van der Waals surface area contributed by atoms with E-state index in [2.05, 4.69) is 0 Å². The van der Waals surface area contributed by atoms with E-state index in [4.69, 9.17) is 24.8 Å². The van der Waals surface area contributed by atoms with Gasteiger partial charge in [-0.15, -0.1) is 0 Å². The van der Waals surface area contributed by atoms with Crippen LogP contribution < -0.4 is 0 Å². The van der Waals surface area contributed by atoms with Gasteiger partial charge in [0.25, 0.3) is 0 Å². The molecule has 0 rings (SSSR count). The van der Waals surface area contributed by atoms with Crippen LogP contribution in [-0.2, 0) is 33.4 Å². The number of carboxylic acids is 3. The topological polar surface area (TPSA) is 174 Å². The van der Waals surface area contributed by atoms with Crippen molar-refractivity contribution in [1.82, 2.24) is 14.7 Å². The van der Waals surface area contributed by atoms with Gasteiger partial charge in [0, 0.05) is 26.2 Å². The normalized spacial score (nSPS) is 11.0. The van der Waals surface area contributed by atoms with E-state index in [1.807, 2.05) is 0 Å². The first-order valence-corrected chi connectivity index (χ1v) is 9.71. The van der Waals surface area contributed by atoms with Gasteiger partial charge in [-0.25, -0.2) is 0 Å². The molecule has 0 fully saturated rings. The zero-order valence-electron chi connectivity index (χ0n) is 17.8. The minimum absolute atomic E-state index is 0.00162. The van der Waals surface area contributed by atoms with Gasteiger partial charge in [0.2, 0.25) is 0 Å². The largest absolute Gasteiger partial charge is 0.480 e. The van der Waals surface area contributed by atoms with Crippen molar-refractivity contribution in [2.45, 2.75) is 13.8 Å². The van der Waals surface area contributed by atoms with E-state index in [1.54, 1.807) is 13.8 Å². The van der Waals surface area contributed by atoms with Crippen molar-refractivity contribution >= 4 is 29.8 Å². The Morgan fingerprint density at radius 2 is 0.839 bits per heavy atom. The van der Waals surface area contributed by atoms with Crippen molar-refractivity contribution in [1.29, 1.82) is 0 Å². The second kappa shape index (κ2) is 16.0. The Morgan fingerprint density at radius 3 is 1.16 bits per heavy atom. The second-order valence-electron chi connectivity index (χ2n) is 6.49. The van der Waals surface area contributed by atoms with E-state index in [1.165, 1.54) is 9.80 Å². The molecule has 0 aliphatic heterocycles. The molecule has 0 aromatic heterocycles. The Labute approximate surface area is 180 Å². The molecule has 0 aliphatic carbocycles. The Morgan fingerprint density at radius 1 is 0.548 bits per heavy atom. The number of carbonyl (C=O) groups is 5. The fraction of sp³-hybridized carbons (Fsp3) is 0.722. The van der Waals surface area contributed by atoms with E-state index in [9.17, 15) is 24.0 Å². The van der Waals surface area contributed by atoms with Gasteiger partial charge >= 0.3 is 29.8 Å². The molecule has 0 amide bonds. The van der Waals surface area contributed by atoms with Crippen LogP contribution in [0.15, 0.2) is 0 Å². The van der Waals surface area contributed by atoms with Crippen molar-refractivity contribution in [3.05, 3.63) is 0 Å². The quantitative estimate of drug-likeness (QED) is 0.202. The maximum Gasteiger partial charge on any atom is 0.320 e. The van der Waals surface area contributed by atoms with E-state index in [0.717, 1.165) is 4.90 Å². The van der Waals surface area contributed by atoms with Gasteiger partial charge in [-0.1, -0.05) is 0 Å². The van der Waals surface area contributed by atoms with Gasteiger partial charge in [-0.2, -0.15) is 0 Å². The highest BCUT2D eigenvalue weighted by molar-refractivity contribution is 5.75. The molecule has 0 aromatic carbocycles. The Bertz CT molecular complexity index is 577. The smallest absolute Gasteiger partial charge is 0.320 e. The predicted octanol–water partition coefficient (Wildman–Crippen LogP) is -1.73. The Hall–Kier alpha value is -2.77. The number of esters is 2. The average molecular weight is 449 g/mol. The number of hydrogen-bond donors (Lipinski definition) is 3. The van der Waals surface area contributed by atoms with Crippen molar-refractivity contribution in [3.8, 4) is 0 Å². The third kappa shape index (κ3) is 15.7. The van der Waals surface area contributed by atoms with Crippen LogP contribution in [-0.4, -0.2) is 132 Å². The summed E-state index contributed by atoms with van der Waals surface area (Å²) in [4.78, 5) is 60.6.